The summed E-state index contributed by atoms with van der Waals surface area (Å²) in [7, 11) is 1.34. The molecule has 0 unspecified atom stereocenters. The summed E-state index contributed by atoms with van der Waals surface area (Å²) in [5.41, 5.74) is 2.86. The largest absolute Gasteiger partial charge is 0.465 e. The van der Waals surface area contributed by atoms with Crippen molar-refractivity contribution in [2.75, 3.05) is 7.11 Å². The number of para-hydroxylation sites is 1. The molecule has 5 heteroatoms. The number of benzene rings is 3. The molecule has 0 radical (unpaired) electrons. The van der Waals surface area contributed by atoms with Crippen LogP contribution in [0, 0.1) is 0 Å². The predicted molar refractivity (Wildman–Crippen MR) is 115 cm³/mol. The van der Waals surface area contributed by atoms with E-state index in [1.807, 2.05) is 66.7 Å². The molecular weight excluding hydrogens is 382 g/mol. The number of carbonyl (C=O) groups excluding carboxylic acids is 2. The van der Waals surface area contributed by atoms with Gasteiger partial charge in [-0.3, -0.25) is 9.36 Å². The average Bonchev–Trinajstić information content (AvgIpc) is 3.17. The SMILES string of the molecule is COC(=O)c1cn(C(=O)c2ccccc2SCc2ccccc2)c2ccccc12. The van der Waals surface area contributed by atoms with Gasteiger partial charge in [-0.25, -0.2) is 4.79 Å². The third-order valence-electron chi connectivity index (χ3n) is 4.69. The molecule has 0 N–H and O–H groups in total. The molecule has 0 saturated carbocycles. The molecule has 0 aliphatic carbocycles. The van der Waals surface area contributed by atoms with Crippen molar-refractivity contribution in [1.29, 1.82) is 0 Å². The van der Waals surface area contributed by atoms with Gasteiger partial charge in [0, 0.05) is 22.2 Å². The minimum atomic E-state index is -0.459. The number of esters is 1. The van der Waals surface area contributed by atoms with Gasteiger partial charge in [0.2, 0.25) is 0 Å². The molecule has 0 aliphatic rings. The number of fused-ring (bicyclic) bond motifs is 1. The number of hydrogen-bond donors (Lipinski definition) is 0. The van der Waals surface area contributed by atoms with Crippen LogP contribution < -0.4 is 0 Å². The number of nitrogens with zero attached hydrogens (tertiary/aromatic N) is 1. The lowest BCUT2D eigenvalue weighted by Gasteiger charge is -2.10. The van der Waals surface area contributed by atoms with Crippen LogP contribution in [-0.2, 0) is 10.5 Å². The predicted octanol–water partition coefficient (Wildman–Crippen LogP) is 5.41. The van der Waals surface area contributed by atoms with E-state index in [0.717, 1.165) is 10.6 Å². The topological polar surface area (TPSA) is 48.3 Å². The number of thioether (sulfide) groups is 1. The normalized spacial score (nSPS) is 10.8. The van der Waals surface area contributed by atoms with Gasteiger partial charge in [-0.1, -0.05) is 60.7 Å². The summed E-state index contributed by atoms with van der Waals surface area (Å²) in [5, 5.41) is 0.696. The van der Waals surface area contributed by atoms with Crippen LogP contribution >= 0.6 is 11.8 Å². The zero-order valence-corrected chi connectivity index (χ0v) is 16.7. The second-order valence-corrected chi connectivity index (χ2v) is 7.51. The van der Waals surface area contributed by atoms with E-state index in [9.17, 15) is 9.59 Å². The Kier molecular flexibility index (Phi) is 5.49. The first-order valence-corrected chi connectivity index (χ1v) is 10.2. The molecule has 29 heavy (non-hydrogen) atoms. The Bertz CT molecular complexity index is 1180. The van der Waals surface area contributed by atoms with Crippen LogP contribution in [0.4, 0.5) is 0 Å². The highest BCUT2D eigenvalue weighted by molar-refractivity contribution is 7.98. The highest BCUT2D eigenvalue weighted by Crippen LogP contribution is 2.29. The van der Waals surface area contributed by atoms with E-state index >= 15 is 0 Å². The molecule has 4 aromatic rings. The molecule has 4 rings (SSSR count). The summed E-state index contributed by atoms with van der Waals surface area (Å²) in [6.07, 6.45) is 1.57. The van der Waals surface area contributed by atoms with Crippen molar-refractivity contribution in [3.8, 4) is 0 Å². The fourth-order valence-corrected chi connectivity index (χ4v) is 4.25. The molecule has 144 valence electrons. The van der Waals surface area contributed by atoms with Gasteiger partial charge in [0.15, 0.2) is 0 Å². The van der Waals surface area contributed by atoms with E-state index in [1.165, 1.54) is 17.2 Å². The van der Waals surface area contributed by atoms with Gasteiger partial charge in [-0.15, -0.1) is 11.8 Å². The number of rotatable bonds is 5. The van der Waals surface area contributed by atoms with Crippen molar-refractivity contribution in [1.82, 2.24) is 4.57 Å². The maximum Gasteiger partial charge on any atom is 0.340 e. The van der Waals surface area contributed by atoms with Gasteiger partial charge < -0.3 is 4.74 Å². The second-order valence-electron chi connectivity index (χ2n) is 6.50. The van der Waals surface area contributed by atoms with Crippen molar-refractivity contribution < 1.29 is 14.3 Å². The Morgan fingerprint density at radius 2 is 1.55 bits per heavy atom. The van der Waals surface area contributed by atoms with Crippen LogP contribution in [0.3, 0.4) is 0 Å². The maximum absolute atomic E-state index is 13.4. The zero-order valence-electron chi connectivity index (χ0n) is 15.9. The number of methoxy groups -OCH3 is 1. The minimum absolute atomic E-state index is 0.174. The van der Waals surface area contributed by atoms with Gasteiger partial charge in [0.05, 0.1) is 23.8 Å². The highest BCUT2D eigenvalue weighted by atomic mass is 32.2. The maximum atomic E-state index is 13.4. The van der Waals surface area contributed by atoms with Crippen molar-refractivity contribution in [2.24, 2.45) is 0 Å². The minimum Gasteiger partial charge on any atom is -0.465 e. The molecular formula is C24H19NO3S. The fraction of sp³-hybridized carbons (Fsp3) is 0.0833. The summed E-state index contributed by atoms with van der Waals surface area (Å²) in [4.78, 5) is 26.5. The van der Waals surface area contributed by atoms with E-state index < -0.39 is 5.97 Å². The summed E-state index contributed by atoms with van der Waals surface area (Å²) in [5.74, 6) is 0.136. The van der Waals surface area contributed by atoms with Gasteiger partial charge in [-0.05, 0) is 23.8 Å². The third-order valence-corrected chi connectivity index (χ3v) is 5.84. The van der Waals surface area contributed by atoms with Crippen LogP contribution in [0.25, 0.3) is 10.9 Å². The lowest BCUT2D eigenvalue weighted by atomic mass is 10.2. The molecule has 0 amide bonds. The molecule has 0 saturated heterocycles. The Morgan fingerprint density at radius 3 is 2.34 bits per heavy atom. The van der Waals surface area contributed by atoms with Crippen molar-refractivity contribution in [3.05, 3.63) is 102 Å². The van der Waals surface area contributed by atoms with Crippen LogP contribution in [0.2, 0.25) is 0 Å². The van der Waals surface area contributed by atoms with E-state index in [4.69, 9.17) is 4.74 Å². The number of hydrogen-bond acceptors (Lipinski definition) is 4. The smallest absolute Gasteiger partial charge is 0.340 e. The fourth-order valence-electron chi connectivity index (χ4n) is 3.25. The van der Waals surface area contributed by atoms with Crippen LogP contribution in [0.5, 0.6) is 0 Å². The van der Waals surface area contributed by atoms with Gasteiger partial charge >= 0.3 is 5.97 Å². The van der Waals surface area contributed by atoms with Crippen molar-refractivity contribution in [2.45, 2.75) is 10.6 Å². The van der Waals surface area contributed by atoms with Crippen LogP contribution in [0.15, 0.2) is 90.0 Å². The summed E-state index contributed by atoms with van der Waals surface area (Å²) in [6.45, 7) is 0. The lowest BCUT2D eigenvalue weighted by Crippen LogP contribution is -2.12. The zero-order chi connectivity index (χ0) is 20.2. The van der Waals surface area contributed by atoms with E-state index in [-0.39, 0.29) is 5.91 Å². The number of carbonyl (C=O) groups is 2. The monoisotopic (exact) mass is 401 g/mol. The summed E-state index contributed by atoms with van der Waals surface area (Å²) < 4.78 is 6.42. The van der Waals surface area contributed by atoms with Gasteiger partial charge in [-0.2, -0.15) is 0 Å². The summed E-state index contributed by atoms with van der Waals surface area (Å²) in [6, 6.07) is 25.0. The lowest BCUT2D eigenvalue weighted by molar-refractivity contribution is 0.0603. The molecule has 1 aromatic heterocycles. The van der Waals surface area contributed by atoms with Crippen molar-refractivity contribution in [3.63, 3.8) is 0 Å². The first kappa shape index (κ1) is 19.0. The Hall–Kier alpha value is -3.31. The second kappa shape index (κ2) is 8.37. The highest BCUT2D eigenvalue weighted by Gasteiger charge is 2.21. The van der Waals surface area contributed by atoms with Crippen LogP contribution in [-0.4, -0.2) is 23.6 Å². The third kappa shape index (κ3) is 3.82. The Balaban J connectivity index is 1.71. The quantitative estimate of drug-likeness (QED) is 0.331. The molecule has 0 atom stereocenters. The first-order valence-electron chi connectivity index (χ1n) is 9.18. The van der Waals surface area contributed by atoms with Crippen LogP contribution in [0.1, 0.15) is 26.3 Å². The van der Waals surface area contributed by atoms with E-state index in [0.29, 0.717) is 22.0 Å². The first-order chi connectivity index (χ1) is 14.2. The number of ether oxygens (including phenoxy) is 1. The Morgan fingerprint density at radius 1 is 0.862 bits per heavy atom. The van der Waals surface area contributed by atoms with E-state index in [2.05, 4.69) is 12.1 Å². The van der Waals surface area contributed by atoms with Gasteiger partial charge in [0.25, 0.3) is 5.91 Å². The molecule has 0 spiro atoms. The Labute approximate surface area is 173 Å². The summed E-state index contributed by atoms with van der Waals surface area (Å²) >= 11 is 1.62. The number of aromatic nitrogens is 1. The van der Waals surface area contributed by atoms with Crippen molar-refractivity contribution >= 4 is 34.5 Å². The van der Waals surface area contributed by atoms with Gasteiger partial charge in [0.1, 0.15) is 0 Å². The standard InChI is InChI=1S/C24H19NO3S/c1-28-24(27)20-15-25(21-13-7-5-11-18(20)21)23(26)19-12-6-8-14-22(19)29-16-17-9-3-2-4-10-17/h2-15H,16H2,1H3. The molecule has 4 nitrogen and oxygen atoms in total. The molecule has 0 bridgehead atoms. The molecule has 3 aromatic carbocycles. The van der Waals surface area contributed by atoms with E-state index in [1.54, 1.807) is 18.0 Å². The molecule has 0 aliphatic heterocycles. The average molecular weight is 401 g/mol. The molecule has 0 fully saturated rings. The molecule has 1 heterocycles.